The summed E-state index contributed by atoms with van der Waals surface area (Å²) >= 11 is 0. The number of carbonyl (C=O) groups is 1. The molecule has 3 aromatic carbocycles. The van der Waals surface area contributed by atoms with Crippen LogP contribution in [-0.2, 0) is 22.4 Å². The third kappa shape index (κ3) is 7.99. The molecule has 8 atom stereocenters. The predicted molar refractivity (Wildman–Crippen MR) is 219 cm³/mol. The molecule has 4 nitrogen and oxygen atoms in total. The van der Waals surface area contributed by atoms with E-state index >= 15 is 0 Å². The van der Waals surface area contributed by atoms with Gasteiger partial charge >= 0.3 is 0 Å². The second-order valence-electron chi connectivity index (χ2n) is 19.1. The number of ketones is 1. The number of carbonyl (C=O) groups excluding carboxylic acids is 1. The van der Waals surface area contributed by atoms with Crippen LogP contribution >= 0.6 is 0 Å². The normalized spacial score (nSPS) is 31.5. The fourth-order valence-corrected chi connectivity index (χ4v) is 12.3. The van der Waals surface area contributed by atoms with Crippen LogP contribution in [0, 0.1) is 40.4 Å². The van der Waals surface area contributed by atoms with Crippen LogP contribution < -0.4 is 9.47 Å². The average Bonchev–Trinajstić information content (AvgIpc) is 3.45. The molecule has 0 aromatic heterocycles. The van der Waals surface area contributed by atoms with Crippen molar-refractivity contribution in [2.75, 3.05) is 0 Å². The van der Waals surface area contributed by atoms with Gasteiger partial charge in [0.2, 0.25) is 0 Å². The predicted octanol–water partition coefficient (Wildman–Crippen LogP) is 12.5. The smallest absolute Gasteiger partial charge is 0.192 e. The van der Waals surface area contributed by atoms with Crippen molar-refractivity contribution >= 4 is 20.2 Å². The topological polar surface area (TPSA) is 44.8 Å². The van der Waals surface area contributed by atoms with Crippen molar-refractivity contribution in [3.8, 4) is 11.5 Å². The molecule has 0 unspecified atom stereocenters. The molecular weight excluding hydrogens is 669 g/mol. The summed E-state index contributed by atoms with van der Waals surface area (Å²) in [5.41, 5.74) is 3.88. The summed E-state index contributed by atoms with van der Waals surface area (Å²) in [6, 6.07) is 27.0. The number of allylic oxidation sites excluding steroid dienone is 1. The van der Waals surface area contributed by atoms with Gasteiger partial charge < -0.3 is 13.9 Å². The zero-order chi connectivity index (χ0) is 37.4. The number of benzene rings is 3. The Kier molecular flexibility index (Phi) is 10.9. The molecule has 284 valence electrons. The molecule has 0 radical (unpaired) electrons. The van der Waals surface area contributed by atoms with E-state index in [-0.39, 0.29) is 15.9 Å². The summed E-state index contributed by atoms with van der Waals surface area (Å²) < 4.78 is 20.0. The van der Waals surface area contributed by atoms with Crippen molar-refractivity contribution in [3.63, 3.8) is 0 Å². The van der Waals surface area contributed by atoms with E-state index in [4.69, 9.17) is 13.9 Å². The number of ether oxygens (including phenoxy) is 2. The van der Waals surface area contributed by atoms with Gasteiger partial charge in [-0.3, -0.25) is 4.79 Å². The lowest BCUT2D eigenvalue weighted by Gasteiger charge is -2.62. The Balaban J connectivity index is 1.14. The zero-order valence-electron chi connectivity index (χ0n) is 33.5. The fourth-order valence-electron chi connectivity index (χ4n) is 10.9. The van der Waals surface area contributed by atoms with Gasteiger partial charge in [0.1, 0.15) is 30.5 Å². The lowest BCUT2D eigenvalue weighted by atomic mass is 9.42. The van der Waals surface area contributed by atoms with Crippen LogP contribution in [0.2, 0.25) is 18.1 Å². The quantitative estimate of drug-likeness (QED) is 0.184. The SMILES string of the molecule is CC(C)(C)[Si](C)(C)O[C@H]1CC[C@H]2[C@@H]3[C@H](C/C=C/c4cc(OCc5ccccc5)cc(OCc5ccccc5)c4)C[C@H]4CC(=O)CC[C@]4(C)[C@H]3CC[C@]12C. The van der Waals surface area contributed by atoms with Gasteiger partial charge in [-0.25, -0.2) is 0 Å². The first-order valence-electron chi connectivity index (χ1n) is 20.6. The molecule has 7 rings (SSSR count). The van der Waals surface area contributed by atoms with Crippen molar-refractivity contribution in [1.29, 1.82) is 0 Å². The van der Waals surface area contributed by atoms with Gasteiger partial charge in [-0.1, -0.05) is 107 Å². The van der Waals surface area contributed by atoms with Crippen molar-refractivity contribution < 1.29 is 18.7 Å². The summed E-state index contributed by atoms with van der Waals surface area (Å²) in [7, 11) is -1.89. The van der Waals surface area contributed by atoms with Crippen LogP contribution in [0.4, 0.5) is 0 Å². The number of hydrogen-bond donors (Lipinski definition) is 0. The first kappa shape index (κ1) is 38.1. The molecule has 0 amide bonds. The third-order valence-corrected chi connectivity index (χ3v) is 19.5. The highest BCUT2D eigenvalue weighted by Gasteiger charge is 2.63. The lowest BCUT2D eigenvalue weighted by Crippen LogP contribution is -2.58. The minimum absolute atomic E-state index is 0.211. The Morgan fingerprint density at radius 2 is 1.40 bits per heavy atom. The Hall–Kier alpha value is -3.15. The summed E-state index contributed by atoms with van der Waals surface area (Å²) in [6.45, 7) is 18.2. The molecule has 0 spiro atoms. The Labute approximate surface area is 321 Å². The summed E-state index contributed by atoms with van der Waals surface area (Å²) in [4.78, 5) is 12.9. The first-order valence-corrected chi connectivity index (χ1v) is 23.5. The molecule has 0 heterocycles. The van der Waals surface area contributed by atoms with Gasteiger partial charge in [-0.15, -0.1) is 0 Å². The summed E-state index contributed by atoms with van der Waals surface area (Å²) in [5, 5.41) is 0.211. The van der Waals surface area contributed by atoms with Gasteiger partial charge in [0, 0.05) is 18.9 Å². The van der Waals surface area contributed by atoms with Gasteiger partial charge in [-0.2, -0.15) is 0 Å². The van der Waals surface area contributed by atoms with Gasteiger partial charge in [0.15, 0.2) is 8.32 Å². The number of fused-ring (bicyclic) bond motifs is 5. The molecule has 0 bridgehead atoms. The molecule has 4 fully saturated rings. The number of Topliss-reactive ketones (excluding diaryl/α,β-unsaturated/α-hetero) is 1. The minimum Gasteiger partial charge on any atom is -0.489 e. The van der Waals surface area contributed by atoms with Crippen LogP contribution in [-0.4, -0.2) is 20.2 Å². The van der Waals surface area contributed by atoms with E-state index in [9.17, 15) is 4.79 Å². The second-order valence-corrected chi connectivity index (χ2v) is 23.9. The fraction of sp³-hybridized carbons (Fsp3) is 0.562. The Morgan fingerprint density at radius 1 is 0.792 bits per heavy atom. The maximum Gasteiger partial charge on any atom is 0.192 e. The standard InChI is InChI=1S/C48H64O4Si/c1-46(2,3)53(6,7)52-44-22-21-42-45-37(29-38-30-39(49)23-25-47(38,4)43(45)24-26-48(42,44)5)20-14-19-36-27-40(50-32-34-15-10-8-11-16-34)31-41(28-36)51-33-35-17-12-9-13-18-35/h8-19,27-28,31,37-38,42-45H,20-26,29-30,32-33H2,1-7H3/b19-14+/t37-,38+,42+,43+,44+,45+,47+,48+/m1/s1. The van der Waals surface area contributed by atoms with E-state index < -0.39 is 8.32 Å². The molecule has 4 aliphatic carbocycles. The summed E-state index contributed by atoms with van der Waals surface area (Å²) in [5.74, 6) is 5.22. The van der Waals surface area contributed by atoms with E-state index in [0.717, 1.165) is 53.9 Å². The highest BCUT2D eigenvalue weighted by atomic mass is 28.4. The van der Waals surface area contributed by atoms with Crippen molar-refractivity contribution in [1.82, 2.24) is 0 Å². The molecule has 53 heavy (non-hydrogen) atoms. The summed E-state index contributed by atoms with van der Waals surface area (Å²) in [6.07, 6.45) is 14.9. The van der Waals surface area contributed by atoms with Gasteiger partial charge in [-0.05, 0) is 132 Å². The lowest BCUT2D eigenvalue weighted by molar-refractivity contribution is -0.154. The molecule has 0 aliphatic heterocycles. The van der Waals surface area contributed by atoms with Crippen molar-refractivity contribution in [3.05, 3.63) is 102 Å². The van der Waals surface area contributed by atoms with Crippen molar-refractivity contribution in [2.45, 2.75) is 130 Å². The molecule has 5 heteroatoms. The maximum atomic E-state index is 12.9. The van der Waals surface area contributed by atoms with Crippen LogP contribution in [0.25, 0.3) is 6.08 Å². The molecule has 4 saturated carbocycles. The molecule has 3 aromatic rings. The second kappa shape index (κ2) is 15.2. The monoisotopic (exact) mass is 732 g/mol. The third-order valence-electron chi connectivity index (χ3n) is 15.0. The van der Waals surface area contributed by atoms with Crippen molar-refractivity contribution in [2.24, 2.45) is 40.4 Å². The molecule has 4 aliphatic rings. The number of hydrogen-bond acceptors (Lipinski definition) is 4. The van der Waals surface area contributed by atoms with E-state index in [1.54, 1.807) is 0 Å². The van der Waals surface area contributed by atoms with Crippen LogP contribution in [0.1, 0.15) is 109 Å². The molecule has 0 N–H and O–H groups in total. The van der Waals surface area contributed by atoms with E-state index in [1.165, 1.54) is 32.1 Å². The van der Waals surface area contributed by atoms with Crippen LogP contribution in [0.15, 0.2) is 84.9 Å². The Morgan fingerprint density at radius 3 is 2.00 bits per heavy atom. The first-order chi connectivity index (χ1) is 25.2. The maximum absolute atomic E-state index is 12.9. The Bertz CT molecular complexity index is 1680. The average molecular weight is 733 g/mol. The van der Waals surface area contributed by atoms with Gasteiger partial charge in [0.05, 0.1) is 6.10 Å². The van der Waals surface area contributed by atoms with Crippen LogP contribution in [0.5, 0.6) is 11.5 Å². The number of rotatable bonds is 11. The largest absolute Gasteiger partial charge is 0.489 e. The van der Waals surface area contributed by atoms with Crippen LogP contribution in [0.3, 0.4) is 0 Å². The molecule has 0 saturated heterocycles. The minimum atomic E-state index is -1.89. The van der Waals surface area contributed by atoms with E-state index in [2.05, 4.69) is 121 Å². The molecular formula is C48H64O4Si. The van der Waals surface area contributed by atoms with E-state index in [1.807, 2.05) is 18.2 Å². The highest BCUT2D eigenvalue weighted by molar-refractivity contribution is 6.74. The van der Waals surface area contributed by atoms with E-state index in [0.29, 0.717) is 54.7 Å². The van der Waals surface area contributed by atoms with Gasteiger partial charge in [0.25, 0.3) is 0 Å². The zero-order valence-corrected chi connectivity index (χ0v) is 34.5. The highest BCUT2D eigenvalue weighted by Crippen LogP contribution is 2.68.